The predicted octanol–water partition coefficient (Wildman–Crippen LogP) is 1.21. The van der Waals surface area contributed by atoms with E-state index in [0.717, 1.165) is 45.2 Å². The maximum atomic E-state index is 5.76. The van der Waals surface area contributed by atoms with Gasteiger partial charge in [0.2, 0.25) is 0 Å². The largest absolute Gasteiger partial charge is 0.374 e. The number of ether oxygens (including phenoxy) is 1. The van der Waals surface area contributed by atoms with E-state index < -0.39 is 0 Å². The Bertz CT molecular complexity index is 681. The van der Waals surface area contributed by atoms with Crippen molar-refractivity contribution in [2.24, 2.45) is 4.99 Å². The zero-order valence-electron chi connectivity index (χ0n) is 14.5. The fourth-order valence-electron chi connectivity index (χ4n) is 3.08. The lowest BCUT2D eigenvalue weighted by atomic mass is 10.1. The highest BCUT2D eigenvalue weighted by Gasteiger charge is 2.17. The van der Waals surface area contributed by atoms with E-state index in [0.29, 0.717) is 0 Å². The number of H-pyrrole nitrogens is 1. The fraction of sp³-hybridized carbons (Fsp3) is 0.500. The first-order valence-corrected chi connectivity index (χ1v) is 8.56. The Morgan fingerprint density at radius 1 is 1.38 bits per heavy atom. The summed E-state index contributed by atoms with van der Waals surface area (Å²) in [4.78, 5) is 9.90. The van der Waals surface area contributed by atoms with Crippen molar-refractivity contribution < 1.29 is 4.74 Å². The minimum Gasteiger partial charge on any atom is -0.374 e. The van der Waals surface area contributed by atoms with Gasteiger partial charge in [-0.15, -0.1) is 0 Å². The lowest BCUT2D eigenvalue weighted by Gasteiger charge is -2.30. The summed E-state index contributed by atoms with van der Waals surface area (Å²) in [7, 11) is 3.93. The van der Waals surface area contributed by atoms with Gasteiger partial charge in [-0.3, -0.25) is 4.99 Å². The number of aromatic amines is 1. The highest BCUT2D eigenvalue weighted by Crippen LogP contribution is 2.17. The quantitative estimate of drug-likeness (QED) is 0.570. The van der Waals surface area contributed by atoms with Crippen molar-refractivity contribution in [2.75, 3.05) is 46.9 Å². The van der Waals surface area contributed by atoms with Gasteiger partial charge < -0.3 is 25.3 Å². The minimum atomic E-state index is 0.218. The zero-order chi connectivity index (χ0) is 16.8. The molecule has 0 spiro atoms. The monoisotopic (exact) mass is 329 g/mol. The first kappa shape index (κ1) is 16.8. The summed E-state index contributed by atoms with van der Waals surface area (Å²) >= 11 is 0. The maximum Gasteiger partial charge on any atom is 0.191 e. The van der Waals surface area contributed by atoms with Crippen LogP contribution in [0.2, 0.25) is 0 Å². The Balaban J connectivity index is 1.44. The average molecular weight is 329 g/mol. The number of benzene rings is 1. The summed E-state index contributed by atoms with van der Waals surface area (Å²) < 4.78 is 5.76. The lowest BCUT2D eigenvalue weighted by Crippen LogP contribution is -2.48. The van der Waals surface area contributed by atoms with Crippen LogP contribution < -0.4 is 10.6 Å². The number of aliphatic imine (C=N–C) groups is 1. The summed E-state index contributed by atoms with van der Waals surface area (Å²) in [6, 6.07) is 8.39. The van der Waals surface area contributed by atoms with Crippen molar-refractivity contribution in [3.63, 3.8) is 0 Å². The number of nitrogens with one attached hydrogen (secondary N) is 3. The van der Waals surface area contributed by atoms with Gasteiger partial charge in [0, 0.05) is 50.3 Å². The van der Waals surface area contributed by atoms with Crippen molar-refractivity contribution in [1.82, 2.24) is 20.5 Å². The summed E-state index contributed by atoms with van der Waals surface area (Å²) in [5.74, 6) is 0.826. The molecule has 24 heavy (non-hydrogen) atoms. The molecule has 3 N–H and O–H groups in total. The maximum absolute atomic E-state index is 5.76. The van der Waals surface area contributed by atoms with Crippen LogP contribution in [-0.2, 0) is 11.2 Å². The van der Waals surface area contributed by atoms with Gasteiger partial charge in [0.25, 0.3) is 0 Å². The van der Waals surface area contributed by atoms with Gasteiger partial charge in [-0.05, 0) is 25.1 Å². The van der Waals surface area contributed by atoms with Crippen molar-refractivity contribution in [2.45, 2.75) is 12.5 Å². The number of hydrogen-bond acceptors (Lipinski definition) is 3. The topological polar surface area (TPSA) is 64.7 Å². The molecule has 1 atom stereocenters. The van der Waals surface area contributed by atoms with Gasteiger partial charge in [-0.2, -0.15) is 0 Å². The van der Waals surface area contributed by atoms with Crippen LogP contribution in [0.3, 0.4) is 0 Å². The van der Waals surface area contributed by atoms with E-state index in [1.54, 1.807) is 7.05 Å². The fourth-order valence-corrected chi connectivity index (χ4v) is 3.08. The molecule has 6 nitrogen and oxygen atoms in total. The molecule has 0 bridgehead atoms. The van der Waals surface area contributed by atoms with Crippen molar-refractivity contribution >= 4 is 16.9 Å². The molecular formula is C18H27N5O. The smallest absolute Gasteiger partial charge is 0.191 e. The number of hydrogen-bond donors (Lipinski definition) is 3. The number of nitrogens with zero attached hydrogens (tertiary/aromatic N) is 2. The molecule has 6 heteroatoms. The van der Waals surface area contributed by atoms with Gasteiger partial charge >= 0.3 is 0 Å². The summed E-state index contributed by atoms with van der Waals surface area (Å²) in [5.41, 5.74) is 2.51. The van der Waals surface area contributed by atoms with E-state index in [1.807, 2.05) is 0 Å². The number of guanidine groups is 1. The summed E-state index contributed by atoms with van der Waals surface area (Å²) in [5, 5.41) is 8.03. The van der Waals surface area contributed by atoms with Crippen LogP contribution in [0.25, 0.3) is 10.9 Å². The molecule has 2 heterocycles. The average Bonchev–Trinajstić information content (AvgIpc) is 3.01. The molecule has 0 amide bonds. The highest BCUT2D eigenvalue weighted by molar-refractivity contribution is 5.83. The first-order valence-electron chi connectivity index (χ1n) is 8.56. The Morgan fingerprint density at radius 2 is 2.25 bits per heavy atom. The van der Waals surface area contributed by atoms with Gasteiger partial charge in [0.1, 0.15) is 0 Å². The molecule has 1 fully saturated rings. The Morgan fingerprint density at radius 3 is 3.08 bits per heavy atom. The van der Waals surface area contributed by atoms with Gasteiger partial charge in [-0.1, -0.05) is 18.2 Å². The molecule has 1 unspecified atom stereocenters. The van der Waals surface area contributed by atoms with Crippen LogP contribution in [-0.4, -0.2) is 68.8 Å². The third-order valence-corrected chi connectivity index (χ3v) is 4.42. The zero-order valence-corrected chi connectivity index (χ0v) is 14.5. The Hall–Kier alpha value is -2.05. The highest BCUT2D eigenvalue weighted by atomic mass is 16.5. The molecule has 0 radical (unpaired) electrons. The van der Waals surface area contributed by atoms with Crippen molar-refractivity contribution in [3.05, 3.63) is 36.0 Å². The Kier molecular flexibility index (Phi) is 5.72. The SMILES string of the molecule is CN=C(NCCc1c[nH]c2ccccc12)NCC1CN(C)CCO1. The second-order valence-corrected chi connectivity index (χ2v) is 6.24. The van der Waals surface area contributed by atoms with Crippen LogP contribution >= 0.6 is 0 Å². The number of morpholine rings is 1. The first-order chi connectivity index (χ1) is 11.8. The van der Waals surface area contributed by atoms with E-state index in [4.69, 9.17) is 4.74 Å². The molecule has 1 aliphatic rings. The molecule has 2 aromatic rings. The number of rotatable bonds is 5. The van der Waals surface area contributed by atoms with Gasteiger partial charge in [0.15, 0.2) is 5.96 Å². The second-order valence-electron chi connectivity index (χ2n) is 6.24. The normalized spacial score (nSPS) is 19.6. The number of aromatic nitrogens is 1. The molecule has 0 saturated carbocycles. The van der Waals surface area contributed by atoms with Crippen LogP contribution in [0.5, 0.6) is 0 Å². The Labute approximate surface area is 143 Å². The van der Waals surface area contributed by atoms with E-state index in [-0.39, 0.29) is 6.10 Å². The van der Waals surface area contributed by atoms with E-state index >= 15 is 0 Å². The molecular weight excluding hydrogens is 302 g/mol. The third kappa shape index (κ3) is 4.27. The van der Waals surface area contributed by atoms with E-state index in [9.17, 15) is 0 Å². The molecule has 1 saturated heterocycles. The third-order valence-electron chi connectivity index (χ3n) is 4.42. The second kappa shape index (κ2) is 8.17. The molecule has 1 aromatic heterocycles. The predicted molar refractivity (Wildman–Crippen MR) is 98.6 cm³/mol. The van der Waals surface area contributed by atoms with Gasteiger partial charge in [0.05, 0.1) is 12.7 Å². The minimum absolute atomic E-state index is 0.218. The lowest BCUT2D eigenvalue weighted by molar-refractivity contribution is -0.0161. The number of likely N-dealkylation sites (N-methyl/N-ethyl adjacent to an activating group) is 1. The van der Waals surface area contributed by atoms with Gasteiger partial charge in [-0.25, -0.2) is 0 Å². The number of para-hydroxylation sites is 1. The van der Waals surface area contributed by atoms with Crippen molar-refractivity contribution in [1.29, 1.82) is 0 Å². The van der Waals surface area contributed by atoms with E-state index in [2.05, 4.69) is 63.0 Å². The van der Waals surface area contributed by atoms with Crippen LogP contribution in [0.15, 0.2) is 35.5 Å². The van der Waals surface area contributed by atoms with Crippen molar-refractivity contribution in [3.8, 4) is 0 Å². The van der Waals surface area contributed by atoms with E-state index in [1.165, 1.54) is 16.5 Å². The number of fused-ring (bicyclic) bond motifs is 1. The molecule has 1 aromatic carbocycles. The standard InChI is InChI=1S/C18H27N5O/c1-19-18(22-12-15-13-23(2)9-10-24-15)20-8-7-14-11-21-17-6-4-3-5-16(14)17/h3-6,11,15,21H,7-10,12-13H2,1-2H3,(H2,19,20,22). The van der Waals surface area contributed by atoms with Crippen LogP contribution in [0.4, 0.5) is 0 Å². The van der Waals surface area contributed by atoms with Crippen LogP contribution in [0, 0.1) is 0 Å². The summed E-state index contributed by atoms with van der Waals surface area (Å²) in [6.07, 6.45) is 3.26. The summed E-state index contributed by atoms with van der Waals surface area (Å²) in [6.45, 7) is 4.38. The molecule has 130 valence electrons. The molecule has 3 rings (SSSR count). The van der Waals surface area contributed by atoms with Crippen LogP contribution in [0.1, 0.15) is 5.56 Å². The molecule has 0 aliphatic carbocycles. The molecule has 1 aliphatic heterocycles.